The van der Waals surface area contributed by atoms with E-state index in [0.717, 1.165) is 6.42 Å². The van der Waals surface area contributed by atoms with Crippen molar-refractivity contribution in [3.05, 3.63) is 12.3 Å². The molecule has 0 N–H and O–H groups in total. The molecule has 0 aromatic carbocycles. The number of nitrogens with zero attached hydrogens (tertiary/aromatic N) is 1. The van der Waals surface area contributed by atoms with Gasteiger partial charge < -0.3 is 0 Å². The zero-order chi connectivity index (χ0) is 5.66. The van der Waals surface area contributed by atoms with Gasteiger partial charge in [0, 0.05) is 12.4 Å². The highest BCUT2D eigenvalue weighted by molar-refractivity contribution is 5.57. The van der Waals surface area contributed by atoms with Crippen LogP contribution in [0.2, 0.25) is 0 Å². The average Bonchev–Trinajstić information content (AvgIpc) is 1.62. The van der Waals surface area contributed by atoms with Crippen LogP contribution in [0.3, 0.4) is 0 Å². The Bertz CT molecular complexity index is 89.0. The molecule has 0 saturated heterocycles. The van der Waals surface area contributed by atoms with E-state index >= 15 is 0 Å². The van der Waals surface area contributed by atoms with Crippen LogP contribution in [-0.4, -0.2) is 6.21 Å². The van der Waals surface area contributed by atoms with Gasteiger partial charge in [0.05, 0.1) is 0 Å². The van der Waals surface area contributed by atoms with Crippen molar-refractivity contribution in [2.75, 3.05) is 0 Å². The Kier molecular flexibility index (Phi) is 2.37. The van der Waals surface area contributed by atoms with Crippen LogP contribution in [0.5, 0.6) is 0 Å². The fraction of sp³-hybridized carbons (Fsp3) is 0.571. The summed E-state index contributed by atoms with van der Waals surface area (Å²) < 4.78 is 0. The molecule has 0 fully saturated rings. The Morgan fingerprint density at radius 3 is 3.00 bits per heavy atom. The third kappa shape index (κ3) is 1.92. The zero-order valence-corrected chi connectivity index (χ0v) is 5.01. The molecule has 8 heavy (non-hydrogen) atoms. The van der Waals surface area contributed by atoms with Crippen LogP contribution in [0.25, 0.3) is 0 Å². The third-order valence-electron chi connectivity index (χ3n) is 1.25. The number of aliphatic imine (C=N–C) groups is 1. The molecular formula is C7H11N. The quantitative estimate of drug-likeness (QED) is 0.452. The van der Waals surface area contributed by atoms with Crippen LogP contribution in [0.15, 0.2) is 17.3 Å². The first-order chi connectivity index (χ1) is 4.00. The van der Waals surface area contributed by atoms with Gasteiger partial charge in [-0.1, -0.05) is 6.08 Å². The molecule has 0 bridgehead atoms. The monoisotopic (exact) mass is 109 g/mol. The molecule has 1 aliphatic heterocycles. The van der Waals surface area contributed by atoms with E-state index in [4.69, 9.17) is 0 Å². The smallest absolute Gasteiger partial charge is 0.0223 e. The topological polar surface area (TPSA) is 12.4 Å². The van der Waals surface area contributed by atoms with Crippen LogP contribution in [-0.2, 0) is 0 Å². The van der Waals surface area contributed by atoms with Gasteiger partial charge in [-0.2, -0.15) is 0 Å². The summed E-state index contributed by atoms with van der Waals surface area (Å²) in [6, 6.07) is 0. The summed E-state index contributed by atoms with van der Waals surface area (Å²) in [5.41, 5.74) is 0. The van der Waals surface area contributed by atoms with Gasteiger partial charge in [-0.25, -0.2) is 0 Å². The normalized spacial score (nSPS) is 20.0. The molecule has 1 aliphatic rings. The van der Waals surface area contributed by atoms with E-state index in [1.54, 1.807) is 0 Å². The fourth-order valence-corrected chi connectivity index (χ4v) is 0.769. The number of hydrogen-bond acceptors (Lipinski definition) is 1. The molecule has 0 aliphatic carbocycles. The van der Waals surface area contributed by atoms with Crippen molar-refractivity contribution in [2.24, 2.45) is 4.99 Å². The van der Waals surface area contributed by atoms with E-state index in [0.29, 0.717) is 0 Å². The van der Waals surface area contributed by atoms with Crippen molar-refractivity contribution in [1.29, 1.82) is 0 Å². The van der Waals surface area contributed by atoms with E-state index in [-0.39, 0.29) is 0 Å². The van der Waals surface area contributed by atoms with E-state index in [9.17, 15) is 0 Å². The molecule has 0 amide bonds. The molecule has 0 aromatic heterocycles. The summed E-state index contributed by atoms with van der Waals surface area (Å²) in [4.78, 5) is 4.03. The van der Waals surface area contributed by atoms with Gasteiger partial charge in [-0.05, 0) is 25.7 Å². The van der Waals surface area contributed by atoms with Crippen LogP contribution >= 0.6 is 0 Å². The van der Waals surface area contributed by atoms with Crippen molar-refractivity contribution < 1.29 is 0 Å². The van der Waals surface area contributed by atoms with Gasteiger partial charge in [0.25, 0.3) is 0 Å². The fourth-order valence-electron chi connectivity index (χ4n) is 0.769. The van der Waals surface area contributed by atoms with Crippen molar-refractivity contribution in [1.82, 2.24) is 0 Å². The largest absolute Gasteiger partial charge is 0.269 e. The second-order valence-electron chi connectivity index (χ2n) is 2.00. The third-order valence-corrected chi connectivity index (χ3v) is 1.25. The van der Waals surface area contributed by atoms with E-state index in [1.807, 2.05) is 12.4 Å². The van der Waals surface area contributed by atoms with Crippen molar-refractivity contribution in [3.8, 4) is 0 Å². The Hall–Kier alpha value is -0.590. The van der Waals surface area contributed by atoms with Gasteiger partial charge in [0.15, 0.2) is 0 Å². The minimum absolute atomic E-state index is 1.16. The van der Waals surface area contributed by atoms with Crippen LogP contribution in [0.4, 0.5) is 0 Å². The molecule has 44 valence electrons. The zero-order valence-electron chi connectivity index (χ0n) is 5.01. The maximum absolute atomic E-state index is 4.03. The number of allylic oxidation sites excluding steroid dienone is 1. The Morgan fingerprint density at radius 2 is 2.00 bits per heavy atom. The van der Waals surface area contributed by atoms with Crippen LogP contribution in [0, 0.1) is 0 Å². The van der Waals surface area contributed by atoms with Gasteiger partial charge in [-0.15, -0.1) is 0 Å². The maximum Gasteiger partial charge on any atom is 0.0223 e. The molecule has 0 radical (unpaired) electrons. The summed E-state index contributed by atoms with van der Waals surface area (Å²) in [6.07, 6.45) is 11.0. The predicted octanol–water partition coefficient (Wildman–Crippen LogP) is 2.14. The second kappa shape index (κ2) is 3.42. The average molecular weight is 109 g/mol. The molecule has 0 aromatic rings. The molecule has 1 heteroatoms. The lowest BCUT2D eigenvalue weighted by Gasteiger charge is -1.93. The Labute approximate surface area is 50.1 Å². The first-order valence-corrected chi connectivity index (χ1v) is 3.17. The van der Waals surface area contributed by atoms with Gasteiger partial charge in [0.1, 0.15) is 0 Å². The Morgan fingerprint density at radius 1 is 1.12 bits per heavy atom. The molecule has 1 nitrogen and oxygen atoms in total. The summed E-state index contributed by atoms with van der Waals surface area (Å²) in [5, 5.41) is 0. The standard InChI is InChI=1S/C7H11N/c1-2-4-6-8-7-5-3-1/h4,6-7H,1-3,5H2. The maximum atomic E-state index is 4.03. The summed E-state index contributed by atoms with van der Waals surface area (Å²) >= 11 is 0. The highest BCUT2D eigenvalue weighted by atomic mass is 14.7. The first kappa shape index (κ1) is 5.54. The van der Waals surface area contributed by atoms with Crippen LogP contribution in [0.1, 0.15) is 25.7 Å². The lowest BCUT2D eigenvalue weighted by atomic mass is 10.2. The molecule has 1 heterocycles. The molecule has 0 unspecified atom stereocenters. The minimum atomic E-state index is 1.16. The SMILES string of the molecule is C1=CN=CCCCC1. The van der Waals surface area contributed by atoms with Crippen LogP contribution < -0.4 is 0 Å². The summed E-state index contributed by atoms with van der Waals surface area (Å²) in [6.45, 7) is 0. The summed E-state index contributed by atoms with van der Waals surface area (Å²) in [7, 11) is 0. The molecule has 0 spiro atoms. The summed E-state index contributed by atoms with van der Waals surface area (Å²) in [5.74, 6) is 0. The number of rotatable bonds is 0. The van der Waals surface area contributed by atoms with Gasteiger partial charge in [0.2, 0.25) is 0 Å². The van der Waals surface area contributed by atoms with Crippen molar-refractivity contribution in [2.45, 2.75) is 25.7 Å². The molecule has 1 rings (SSSR count). The predicted molar refractivity (Wildman–Crippen MR) is 36.1 cm³/mol. The lowest BCUT2D eigenvalue weighted by molar-refractivity contribution is 0.777. The van der Waals surface area contributed by atoms with E-state index in [2.05, 4.69) is 11.1 Å². The number of hydrogen-bond donors (Lipinski definition) is 0. The van der Waals surface area contributed by atoms with Gasteiger partial charge in [-0.3, -0.25) is 4.99 Å². The highest BCUT2D eigenvalue weighted by Crippen LogP contribution is 2.01. The van der Waals surface area contributed by atoms with Crippen molar-refractivity contribution in [3.63, 3.8) is 0 Å². The van der Waals surface area contributed by atoms with E-state index in [1.165, 1.54) is 19.3 Å². The van der Waals surface area contributed by atoms with Gasteiger partial charge >= 0.3 is 0 Å². The second-order valence-corrected chi connectivity index (χ2v) is 2.00. The minimum Gasteiger partial charge on any atom is -0.269 e. The molecular weight excluding hydrogens is 98.1 g/mol. The first-order valence-electron chi connectivity index (χ1n) is 3.17. The lowest BCUT2D eigenvalue weighted by Crippen LogP contribution is -1.79. The van der Waals surface area contributed by atoms with Crippen molar-refractivity contribution >= 4 is 6.21 Å². The highest BCUT2D eigenvalue weighted by Gasteiger charge is 1.85. The molecule has 0 atom stereocenters. The van der Waals surface area contributed by atoms with E-state index < -0.39 is 0 Å². The molecule has 0 saturated carbocycles. The Balaban J connectivity index is 2.33.